The first-order valence-corrected chi connectivity index (χ1v) is 3.26. The number of hydrogen-bond donors (Lipinski definition) is 1. The van der Waals surface area contributed by atoms with E-state index in [0.717, 1.165) is 12.0 Å². The number of likely N-dealkylation sites (tertiary alicyclic amines) is 1. The molecule has 2 nitrogen and oxygen atoms in total. The summed E-state index contributed by atoms with van der Waals surface area (Å²) in [7, 11) is 2.16. The zero-order valence-corrected chi connectivity index (χ0v) is 5.17. The van der Waals surface area contributed by atoms with Gasteiger partial charge in [0.25, 0.3) is 0 Å². The first kappa shape index (κ1) is 4.77. The first-order chi connectivity index (χ1) is 3.80. The van der Waals surface area contributed by atoms with E-state index in [4.69, 9.17) is 5.73 Å². The second-order valence-electron chi connectivity index (χ2n) is 3.00. The molecule has 0 aromatic rings. The summed E-state index contributed by atoms with van der Waals surface area (Å²) >= 11 is 0. The highest BCUT2D eigenvalue weighted by Gasteiger charge is 2.53. The third-order valence-electron chi connectivity index (χ3n) is 2.51. The van der Waals surface area contributed by atoms with Crippen LogP contribution in [0.4, 0.5) is 0 Å². The van der Waals surface area contributed by atoms with Crippen LogP contribution in [0.1, 0.15) is 6.42 Å². The zero-order chi connectivity index (χ0) is 5.72. The minimum atomic E-state index is 0.522. The molecule has 0 aromatic heterocycles. The van der Waals surface area contributed by atoms with Gasteiger partial charge < -0.3 is 10.6 Å². The Bertz CT molecular complexity index is 111. The van der Waals surface area contributed by atoms with E-state index in [1.54, 1.807) is 0 Å². The summed E-state index contributed by atoms with van der Waals surface area (Å²) in [4.78, 5) is 2.37. The minimum absolute atomic E-state index is 0.522. The van der Waals surface area contributed by atoms with Crippen LogP contribution in [0, 0.1) is 5.92 Å². The zero-order valence-electron chi connectivity index (χ0n) is 5.17. The number of nitrogens with zero attached hydrogens (tertiary/aromatic N) is 1. The lowest BCUT2D eigenvalue weighted by atomic mass is 10.3. The molecule has 1 saturated heterocycles. The molecule has 0 radical (unpaired) electrons. The maximum atomic E-state index is 5.72. The molecule has 8 heavy (non-hydrogen) atoms. The SMILES string of the molecule is CN1CC[C@@H]2C(N)[C@@H]21. The molecular formula is C6H12N2. The van der Waals surface area contributed by atoms with Crippen LogP contribution < -0.4 is 5.73 Å². The maximum absolute atomic E-state index is 5.72. The van der Waals surface area contributed by atoms with Crippen molar-refractivity contribution in [3.05, 3.63) is 0 Å². The summed E-state index contributed by atoms with van der Waals surface area (Å²) in [6.07, 6.45) is 1.34. The summed E-state index contributed by atoms with van der Waals surface area (Å²) in [6, 6.07) is 1.28. The lowest BCUT2D eigenvalue weighted by Crippen LogP contribution is -2.25. The van der Waals surface area contributed by atoms with Gasteiger partial charge >= 0.3 is 0 Å². The number of likely N-dealkylation sites (N-methyl/N-ethyl adjacent to an activating group) is 1. The Morgan fingerprint density at radius 3 is 2.62 bits per heavy atom. The van der Waals surface area contributed by atoms with Crippen LogP contribution in [0.25, 0.3) is 0 Å². The van der Waals surface area contributed by atoms with Gasteiger partial charge in [0.05, 0.1) is 0 Å². The van der Waals surface area contributed by atoms with Crippen molar-refractivity contribution in [2.75, 3.05) is 13.6 Å². The van der Waals surface area contributed by atoms with Gasteiger partial charge in [-0.25, -0.2) is 0 Å². The summed E-state index contributed by atoms with van der Waals surface area (Å²) in [5, 5.41) is 0. The number of rotatable bonds is 0. The number of hydrogen-bond acceptors (Lipinski definition) is 2. The van der Waals surface area contributed by atoms with E-state index < -0.39 is 0 Å². The van der Waals surface area contributed by atoms with Gasteiger partial charge in [0.15, 0.2) is 0 Å². The topological polar surface area (TPSA) is 29.3 Å². The van der Waals surface area contributed by atoms with Crippen LogP contribution in [-0.2, 0) is 0 Å². The molecule has 2 fully saturated rings. The van der Waals surface area contributed by atoms with Crippen molar-refractivity contribution in [3.8, 4) is 0 Å². The van der Waals surface area contributed by atoms with Gasteiger partial charge in [-0.2, -0.15) is 0 Å². The Balaban J connectivity index is 2.07. The Hall–Kier alpha value is -0.0800. The lowest BCUT2D eigenvalue weighted by Gasteiger charge is -2.09. The Morgan fingerprint density at radius 2 is 2.38 bits per heavy atom. The van der Waals surface area contributed by atoms with Gasteiger partial charge in [-0.1, -0.05) is 0 Å². The van der Waals surface area contributed by atoms with Crippen molar-refractivity contribution in [2.24, 2.45) is 11.7 Å². The molecule has 0 bridgehead atoms. The Kier molecular flexibility index (Phi) is 0.746. The van der Waals surface area contributed by atoms with Crippen molar-refractivity contribution >= 4 is 0 Å². The molecule has 1 aliphatic carbocycles. The highest BCUT2D eigenvalue weighted by molar-refractivity contribution is 5.11. The van der Waals surface area contributed by atoms with Gasteiger partial charge in [0.2, 0.25) is 0 Å². The third-order valence-corrected chi connectivity index (χ3v) is 2.51. The number of nitrogens with two attached hydrogens (primary N) is 1. The summed E-state index contributed by atoms with van der Waals surface area (Å²) < 4.78 is 0. The highest BCUT2D eigenvalue weighted by atomic mass is 15.2. The van der Waals surface area contributed by atoms with Gasteiger partial charge in [-0.3, -0.25) is 0 Å². The predicted octanol–water partition coefficient (Wildman–Crippen LogP) is -0.352. The second kappa shape index (κ2) is 1.25. The van der Waals surface area contributed by atoms with E-state index >= 15 is 0 Å². The van der Waals surface area contributed by atoms with E-state index in [0.29, 0.717) is 6.04 Å². The standard InChI is InChI=1S/C6H12N2/c1-8-3-2-4-5(7)6(4)8/h4-6H,2-3,7H2,1H3/t4-,5?,6-/m1/s1. The third kappa shape index (κ3) is 0.400. The van der Waals surface area contributed by atoms with Gasteiger partial charge in [0, 0.05) is 12.1 Å². The normalized spacial score (nSPS) is 54.0. The molecular weight excluding hydrogens is 100 g/mol. The van der Waals surface area contributed by atoms with Crippen LogP contribution in [-0.4, -0.2) is 30.6 Å². The van der Waals surface area contributed by atoms with Crippen molar-refractivity contribution in [3.63, 3.8) is 0 Å². The van der Waals surface area contributed by atoms with Crippen molar-refractivity contribution in [2.45, 2.75) is 18.5 Å². The fourth-order valence-electron chi connectivity index (χ4n) is 1.87. The lowest BCUT2D eigenvalue weighted by molar-refractivity contribution is 0.358. The maximum Gasteiger partial charge on any atom is 0.0291 e. The fraction of sp³-hybridized carbons (Fsp3) is 1.00. The van der Waals surface area contributed by atoms with Crippen LogP contribution in [0.5, 0.6) is 0 Å². The molecule has 0 amide bonds. The summed E-state index contributed by atoms with van der Waals surface area (Å²) in [6.45, 7) is 1.27. The summed E-state index contributed by atoms with van der Waals surface area (Å²) in [5.41, 5.74) is 5.72. The molecule has 0 aromatic carbocycles. The molecule has 2 aliphatic rings. The minimum Gasteiger partial charge on any atom is -0.326 e. The Labute approximate surface area is 49.7 Å². The average Bonchev–Trinajstić information content (AvgIpc) is 2.13. The predicted molar refractivity (Wildman–Crippen MR) is 32.5 cm³/mol. The second-order valence-corrected chi connectivity index (χ2v) is 3.00. The van der Waals surface area contributed by atoms with Crippen LogP contribution in [0.15, 0.2) is 0 Å². The highest BCUT2D eigenvalue weighted by Crippen LogP contribution is 2.41. The van der Waals surface area contributed by atoms with Crippen LogP contribution in [0.3, 0.4) is 0 Å². The molecule has 0 spiro atoms. The van der Waals surface area contributed by atoms with E-state index in [9.17, 15) is 0 Å². The summed E-state index contributed by atoms with van der Waals surface area (Å²) in [5.74, 6) is 0.861. The van der Waals surface area contributed by atoms with Crippen molar-refractivity contribution in [1.82, 2.24) is 4.90 Å². The molecule has 46 valence electrons. The van der Waals surface area contributed by atoms with E-state index in [2.05, 4.69) is 11.9 Å². The molecule has 2 heteroatoms. The molecule has 2 N–H and O–H groups in total. The van der Waals surface area contributed by atoms with Crippen LogP contribution >= 0.6 is 0 Å². The van der Waals surface area contributed by atoms with Crippen LogP contribution in [0.2, 0.25) is 0 Å². The molecule has 1 saturated carbocycles. The quantitative estimate of drug-likeness (QED) is 0.464. The molecule has 2 rings (SSSR count). The first-order valence-electron chi connectivity index (χ1n) is 3.26. The molecule has 1 heterocycles. The monoisotopic (exact) mass is 112 g/mol. The van der Waals surface area contributed by atoms with Crippen molar-refractivity contribution in [1.29, 1.82) is 0 Å². The van der Waals surface area contributed by atoms with E-state index in [-0.39, 0.29) is 0 Å². The largest absolute Gasteiger partial charge is 0.326 e. The van der Waals surface area contributed by atoms with E-state index in [1.807, 2.05) is 0 Å². The van der Waals surface area contributed by atoms with Gasteiger partial charge in [-0.05, 0) is 25.9 Å². The van der Waals surface area contributed by atoms with Gasteiger partial charge in [0.1, 0.15) is 0 Å². The Morgan fingerprint density at radius 1 is 1.62 bits per heavy atom. The number of piperidine rings is 1. The average molecular weight is 112 g/mol. The fourth-order valence-corrected chi connectivity index (χ4v) is 1.87. The molecule has 1 aliphatic heterocycles. The molecule has 3 atom stereocenters. The molecule has 1 unspecified atom stereocenters. The number of fused-ring (bicyclic) bond motifs is 1. The van der Waals surface area contributed by atoms with Gasteiger partial charge in [-0.15, -0.1) is 0 Å². The van der Waals surface area contributed by atoms with E-state index in [1.165, 1.54) is 13.0 Å². The smallest absolute Gasteiger partial charge is 0.0291 e. The van der Waals surface area contributed by atoms with Crippen molar-refractivity contribution < 1.29 is 0 Å².